The van der Waals surface area contributed by atoms with Gasteiger partial charge in [0.15, 0.2) is 6.61 Å². The van der Waals surface area contributed by atoms with Crippen LogP contribution in [0.1, 0.15) is 12.0 Å². The molecule has 0 atom stereocenters. The quantitative estimate of drug-likeness (QED) is 0.728. The van der Waals surface area contributed by atoms with Gasteiger partial charge in [-0.1, -0.05) is 12.1 Å². The third-order valence-electron chi connectivity index (χ3n) is 2.28. The Morgan fingerprint density at radius 2 is 2.16 bits per heavy atom. The molecule has 0 bridgehead atoms. The third-order valence-corrected chi connectivity index (χ3v) is 2.28. The van der Waals surface area contributed by atoms with Crippen molar-refractivity contribution in [2.45, 2.75) is 13.0 Å². The lowest BCUT2D eigenvalue weighted by molar-refractivity contribution is -0.139. The van der Waals surface area contributed by atoms with Crippen molar-refractivity contribution in [3.05, 3.63) is 29.8 Å². The largest absolute Gasteiger partial charge is 0.482 e. The maximum absolute atomic E-state index is 11.4. The number of carbonyl (C=O) groups excluding carboxylic acids is 1. The summed E-state index contributed by atoms with van der Waals surface area (Å²) in [6, 6.07) is 6.93. The van der Waals surface area contributed by atoms with Crippen LogP contribution in [0.2, 0.25) is 0 Å². The van der Waals surface area contributed by atoms with Gasteiger partial charge in [0.25, 0.3) is 0 Å². The molecule has 2 N–H and O–H groups in total. The zero-order chi connectivity index (χ0) is 14.1. The third kappa shape index (κ3) is 6.42. The number of nitrogens with one attached hydrogen (secondary N) is 1. The van der Waals surface area contributed by atoms with Gasteiger partial charge in [0.2, 0.25) is 5.91 Å². The normalized spacial score (nSPS) is 9.95. The number of methoxy groups -OCH3 is 1. The van der Waals surface area contributed by atoms with Crippen molar-refractivity contribution in [3.8, 4) is 5.75 Å². The van der Waals surface area contributed by atoms with Crippen molar-refractivity contribution in [2.75, 3.05) is 20.3 Å². The minimum atomic E-state index is -1.03. The fourth-order valence-corrected chi connectivity index (χ4v) is 1.37. The Kier molecular flexibility index (Phi) is 6.38. The molecule has 0 fully saturated rings. The monoisotopic (exact) mass is 267 g/mol. The Balaban J connectivity index is 2.43. The maximum atomic E-state index is 11.4. The summed E-state index contributed by atoms with van der Waals surface area (Å²) in [7, 11) is 1.54. The second kappa shape index (κ2) is 8.10. The first-order valence-electron chi connectivity index (χ1n) is 5.81. The second-order valence-corrected chi connectivity index (χ2v) is 3.85. The standard InChI is InChI=1S/C13H17NO5/c1-18-6-5-12(15)14-8-10-3-2-4-11(7-10)19-9-13(16)17/h2-4,7H,5-6,8-9H2,1H3,(H,14,15)(H,16,17). The molecule has 6 heteroatoms. The van der Waals surface area contributed by atoms with Gasteiger partial charge in [0, 0.05) is 20.1 Å². The Labute approximate surface area is 111 Å². The first kappa shape index (κ1) is 15.0. The van der Waals surface area contributed by atoms with Gasteiger partial charge in [-0.3, -0.25) is 4.79 Å². The summed E-state index contributed by atoms with van der Waals surface area (Å²) in [5, 5.41) is 11.2. The second-order valence-electron chi connectivity index (χ2n) is 3.85. The van der Waals surface area contributed by atoms with Gasteiger partial charge in [-0.15, -0.1) is 0 Å². The number of carboxylic acids is 1. The van der Waals surface area contributed by atoms with Gasteiger partial charge < -0.3 is 19.9 Å². The molecular weight excluding hydrogens is 250 g/mol. The maximum Gasteiger partial charge on any atom is 0.341 e. The highest BCUT2D eigenvalue weighted by atomic mass is 16.5. The highest BCUT2D eigenvalue weighted by molar-refractivity contribution is 5.75. The van der Waals surface area contributed by atoms with Crippen molar-refractivity contribution in [2.24, 2.45) is 0 Å². The fourth-order valence-electron chi connectivity index (χ4n) is 1.37. The summed E-state index contributed by atoms with van der Waals surface area (Å²) in [6.45, 7) is 0.365. The summed E-state index contributed by atoms with van der Waals surface area (Å²) in [6.07, 6.45) is 0.311. The average molecular weight is 267 g/mol. The molecule has 0 heterocycles. The molecule has 19 heavy (non-hydrogen) atoms. The first-order chi connectivity index (χ1) is 9.11. The Bertz CT molecular complexity index is 433. The molecule has 0 aliphatic carbocycles. The number of amides is 1. The zero-order valence-electron chi connectivity index (χ0n) is 10.7. The van der Waals surface area contributed by atoms with Crippen LogP contribution in [0.15, 0.2) is 24.3 Å². The van der Waals surface area contributed by atoms with Crippen LogP contribution in [-0.4, -0.2) is 37.3 Å². The Morgan fingerprint density at radius 3 is 2.84 bits per heavy atom. The molecule has 0 saturated heterocycles. The molecule has 1 aromatic rings. The molecule has 0 spiro atoms. The topological polar surface area (TPSA) is 84.9 Å². The van der Waals surface area contributed by atoms with Gasteiger partial charge in [-0.2, -0.15) is 0 Å². The van der Waals surface area contributed by atoms with E-state index in [2.05, 4.69) is 5.32 Å². The number of hydrogen-bond acceptors (Lipinski definition) is 4. The lowest BCUT2D eigenvalue weighted by Gasteiger charge is -2.07. The van der Waals surface area contributed by atoms with E-state index in [9.17, 15) is 9.59 Å². The van der Waals surface area contributed by atoms with Gasteiger partial charge in [-0.25, -0.2) is 4.79 Å². The molecule has 0 aliphatic rings. The van der Waals surface area contributed by atoms with Crippen LogP contribution in [0, 0.1) is 0 Å². The molecule has 104 valence electrons. The average Bonchev–Trinajstić information content (AvgIpc) is 2.41. The lowest BCUT2D eigenvalue weighted by atomic mass is 10.2. The number of carbonyl (C=O) groups is 2. The van der Waals surface area contributed by atoms with Gasteiger partial charge in [0.05, 0.1) is 6.61 Å². The summed E-state index contributed by atoms with van der Waals surface area (Å²) in [5.41, 5.74) is 0.841. The Hall–Kier alpha value is -2.08. The molecule has 0 aliphatic heterocycles. The van der Waals surface area contributed by atoms with Crippen LogP contribution in [0.25, 0.3) is 0 Å². The molecule has 0 radical (unpaired) electrons. The van der Waals surface area contributed by atoms with E-state index in [0.29, 0.717) is 25.3 Å². The van der Waals surface area contributed by atoms with Crippen molar-refractivity contribution in [1.29, 1.82) is 0 Å². The van der Waals surface area contributed by atoms with Crippen LogP contribution < -0.4 is 10.1 Å². The Morgan fingerprint density at radius 1 is 1.37 bits per heavy atom. The number of benzene rings is 1. The molecule has 0 saturated carbocycles. The van der Waals surface area contributed by atoms with Crippen LogP contribution in [0.4, 0.5) is 0 Å². The van der Waals surface area contributed by atoms with Crippen molar-refractivity contribution in [1.82, 2.24) is 5.32 Å². The first-order valence-corrected chi connectivity index (χ1v) is 5.81. The van der Waals surface area contributed by atoms with E-state index in [-0.39, 0.29) is 12.5 Å². The number of ether oxygens (including phenoxy) is 2. The van der Waals surface area contributed by atoms with Crippen molar-refractivity contribution >= 4 is 11.9 Å². The zero-order valence-corrected chi connectivity index (χ0v) is 10.7. The SMILES string of the molecule is COCCC(=O)NCc1cccc(OCC(=O)O)c1. The molecule has 1 amide bonds. The molecular formula is C13H17NO5. The van der Waals surface area contributed by atoms with Crippen LogP contribution in [0.3, 0.4) is 0 Å². The van der Waals surface area contributed by atoms with Gasteiger partial charge in [0.1, 0.15) is 5.75 Å². The van der Waals surface area contributed by atoms with Crippen molar-refractivity contribution < 1.29 is 24.2 Å². The summed E-state index contributed by atoms with van der Waals surface area (Å²) in [5.74, 6) is -0.664. The van der Waals surface area contributed by atoms with Gasteiger partial charge in [-0.05, 0) is 17.7 Å². The highest BCUT2D eigenvalue weighted by Gasteiger charge is 2.03. The smallest absolute Gasteiger partial charge is 0.341 e. The predicted molar refractivity (Wildman–Crippen MR) is 67.9 cm³/mol. The molecule has 1 aromatic carbocycles. The molecule has 1 rings (SSSR count). The van der Waals surface area contributed by atoms with E-state index in [0.717, 1.165) is 5.56 Å². The van der Waals surface area contributed by atoms with E-state index in [4.69, 9.17) is 14.6 Å². The van der Waals surface area contributed by atoms with E-state index in [1.807, 2.05) is 6.07 Å². The summed E-state index contributed by atoms with van der Waals surface area (Å²) >= 11 is 0. The molecule has 6 nitrogen and oxygen atoms in total. The minimum Gasteiger partial charge on any atom is -0.482 e. The molecule has 0 aromatic heterocycles. The molecule has 0 unspecified atom stereocenters. The van der Waals surface area contributed by atoms with E-state index >= 15 is 0 Å². The summed E-state index contributed by atoms with van der Waals surface area (Å²) < 4.78 is 9.85. The van der Waals surface area contributed by atoms with Crippen LogP contribution in [0.5, 0.6) is 5.75 Å². The number of carboxylic acid groups (broad SMARTS) is 1. The summed E-state index contributed by atoms with van der Waals surface area (Å²) in [4.78, 5) is 21.8. The van der Waals surface area contributed by atoms with Gasteiger partial charge >= 0.3 is 5.97 Å². The minimum absolute atomic E-state index is 0.0984. The highest BCUT2D eigenvalue weighted by Crippen LogP contribution is 2.13. The van der Waals surface area contributed by atoms with E-state index < -0.39 is 5.97 Å². The number of aliphatic carboxylic acids is 1. The van der Waals surface area contributed by atoms with E-state index in [1.54, 1.807) is 18.2 Å². The van der Waals surface area contributed by atoms with Crippen LogP contribution in [-0.2, 0) is 20.9 Å². The fraction of sp³-hybridized carbons (Fsp3) is 0.385. The number of rotatable bonds is 8. The predicted octanol–water partition coefficient (Wildman–Crippen LogP) is 0.803. The van der Waals surface area contributed by atoms with Crippen molar-refractivity contribution in [3.63, 3.8) is 0 Å². The number of hydrogen-bond donors (Lipinski definition) is 2. The lowest BCUT2D eigenvalue weighted by Crippen LogP contribution is -2.23. The van der Waals surface area contributed by atoms with E-state index in [1.165, 1.54) is 7.11 Å². The van der Waals surface area contributed by atoms with Crippen LogP contribution >= 0.6 is 0 Å².